The van der Waals surface area contributed by atoms with E-state index in [1.807, 2.05) is 0 Å². The average molecular weight is 446 g/mol. The molecule has 1 aliphatic rings. The molecular weight excluding hydrogens is 425 g/mol. The van der Waals surface area contributed by atoms with Crippen molar-refractivity contribution in [1.29, 1.82) is 0 Å². The molecule has 0 unspecified atom stereocenters. The van der Waals surface area contributed by atoms with Crippen LogP contribution in [-0.2, 0) is 15.8 Å². The molecule has 3 rings (SSSR count). The number of hydrogen-bond acceptors (Lipinski definition) is 6. The summed E-state index contributed by atoms with van der Waals surface area (Å²) >= 11 is 0. The predicted molar refractivity (Wildman–Crippen MR) is 100 cm³/mol. The van der Waals surface area contributed by atoms with Crippen LogP contribution in [0.4, 0.5) is 23.8 Å². The Balaban J connectivity index is 1.68. The number of sulfone groups is 1. The minimum absolute atomic E-state index is 0.108. The number of carbonyl (C=O) groups excluding carboxylic acids is 1. The van der Waals surface area contributed by atoms with Gasteiger partial charge < -0.3 is 9.42 Å². The third kappa shape index (κ3) is 4.27. The van der Waals surface area contributed by atoms with Crippen LogP contribution in [0.3, 0.4) is 0 Å². The molecular formula is C18H21F3N4O4S. The summed E-state index contributed by atoms with van der Waals surface area (Å²) in [4.78, 5) is 16.6. The normalized spacial score (nSPS) is 18.1. The zero-order chi connectivity index (χ0) is 22.2. The van der Waals surface area contributed by atoms with E-state index in [1.165, 1.54) is 17.2 Å². The Kier molecular flexibility index (Phi) is 5.81. The predicted octanol–water partition coefficient (Wildman–Crippen LogP) is 3.58. The molecule has 12 heteroatoms. The van der Waals surface area contributed by atoms with Crippen molar-refractivity contribution in [2.45, 2.75) is 42.5 Å². The van der Waals surface area contributed by atoms with Crippen molar-refractivity contribution in [2.75, 3.05) is 18.4 Å². The molecule has 0 radical (unpaired) electrons. The standard InChI is InChI=1S/C18H21F3N4O4S/c1-17(19,20)14-4-3-13(11-22-14)30(27,28)18(2,21)12-5-8-25(9-6-12)16(26)23-15-7-10-29-24-15/h3-4,7,10-12H,5-6,8-9H2,1-2H3,(H,23,24,26)/t18-/m1/s1. The fourth-order valence-corrected chi connectivity index (χ4v) is 4.89. The quantitative estimate of drug-likeness (QED) is 0.753. The van der Waals surface area contributed by atoms with Gasteiger partial charge in [-0.25, -0.2) is 17.6 Å². The number of rotatable bonds is 5. The third-order valence-electron chi connectivity index (χ3n) is 5.21. The lowest BCUT2D eigenvalue weighted by molar-refractivity contribution is 0.0126. The SMILES string of the molecule is CC(F)(F)c1ccc(S(=O)(=O)[C@@](C)(F)C2CCN(C(=O)Nc3ccon3)CC2)cn1. The highest BCUT2D eigenvalue weighted by Gasteiger charge is 2.49. The van der Waals surface area contributed by atoms with Crippen molar-refractivity contribution in [3.05, 3.63) is 36.4 Å². The molecule has 0 saturated carbocycles. The zero-order valence-corrected chi connectivity index (χ0v) is 17.1. The highest BCUT2D eigenvalue weighted by molar-refractivity contribution is 7.92. The van der Waals surface area contributed by atoms with E-state index < -0.39 is 43.3 Å². The Morgan fingerprint density at radius 2 is 1.87 bits per heavy atom. The Labute approximate surface area is 171 Å². The molecule has 2 aromatic heterocycles. The number of anilines is 1. The fraction of sp³-hybridized carbons (Fsp3) is 0.500. The lowest BCUT2D eigenvalue weighted by Crippen LogP contribution is -2.48. The van der Waals surface area contributed by atoms with Gasteiger partial charge in [-0.05, 0) is 31.9 Å². The van der Waals surface area contributed by atoms with E-state index >= 15 is 4.39 Å². The molecule has 30 heavy (non-hydrogen) atoms. The molecule has 1 fully saturated rings. The molecule has 1 N–H and O–H groups in total. The van der Waals surface area contributed by atoms with E-state index in [0.717, 1.165) is 25.3 Å². The summed E-state index contributed by atoms with van der Waals surface area (Å²) in [6, 6.07) is 2.82. The number of amides is 2. The highest BCUT2D eigenvalue weighted by atomic mass is 32.2. The molecule has 3 heterocycles. The van der Waals surface area contributed by atoms with E-state index in [0.29, 0.717) is 6.92 Å². The second-order valence-corrected chi connectivity index (χ2v) is 9.61. The van der Waals surface area contributed by atoms with Crippen LogP contribution in [0.15, 0.2) is 40.1 Å². The number of pyridine rings is 1. The van der Waals surface area contributed by atoms with Crippen LogP contribution in [0.25, 0.3) is 0 Å². The average Bonchev–Trinajstić information content (AvgIpc) is 3.20. The van der Waals surface area contributed by atoms with Crippen molar-refractivity contribution in [1.82, 2.24) is 15.0 Å². The van der Waals surface area contributed by atoms with Gasteiger partial charge in [-0.15, -0.1) is 0 Å². The largest absolute Gasteiger partial charge is 0.363 e. The first-order valence-corrected chi connectivity index (χ1v) is 10.7. The van der Waals surface area contributed by atoms with Crippen LogP contribution in [0, 0.1) is 5.92 Å². The number of nitrogens with zero attached hydrogens (tertiary/aromatic N) is 3. The molecule has 8 nitrogen and oxygen atoms in total. The first kappa shape index (κ1) is 22.1. The number of alkyl halides is 3. The molecule has 0 spiro atoms. The second kappa shape index (κ2) is 7.89. The molecule has 2 amide bonds. The third-order valence-corrected chi connectivity index (χ3v) is 7.45. The lowest BCUT2D eigenvalue weighted by Gasteiger charge is -2.37. The Bertz CT molecular complexity index is 981. The van der Waals surface area contributed by atoms with Crippen LogP contribution < -0.4 is 5.32 Å². The summed E-state index contributed by atoms with van der Waals surface area (Å²) in [6.45, 7) is 1.88. The van der Waals surface area contributed by atoms with Crippen LogP contribution in [0.5, 0.6) is 0 Å². The summed E-state index contributed by atoms with van der Waals surface area (Å²) < 4.78 is 72.4. The molecule has 1 atom stereocenters. The van der Waals surface area contributed by atoms with Gasteiger partial charge in [-0.2, -0.15) is 8.78 Å². The first-order chi connectivity index (χ1) is 13.9. The molecule has 164 valence electrons. The van der Waals surface area contributed by atoms with E-state index in [1.54, 1.807) is 0 Å². The number of likely N-dealkylation sites (tertiary alicyclic amines) is 1. The fourth-order valence-electron chi connectivity index (χ4n) is 3.31. The molecule has 1 saturated heterocycles. The van der Waals surface area contributed by atoms with Gasteiger partial charge in [0.1, 0.15) is 12.0 Å². The van der Waals surface area contributed by atoms with Crippen molar-refractivity contribution in [3.8, 4) is 0 Å². The number of carbonyl (C=O) groups is 1. The number of aromatic nitrogens is 2. The number of hydrogen-bond donors (Lipinski definition) is 1. The molecule has 0 aromatic carbocycles. The maximum Gasteiger partial charge on any atom is 0.323 e. The first-order valence-electron chi connectivity index (χ1n) is 9.17. The molecule has 2 aromatic rings. The maximum absolute atomic E-state index is 15.5. The summed E-state index contributed by atoms with van der Waals surface area (Å²) in [5, 5.41) is 3.43. The summed E-state index contributed by atoms with van der Waals surface area (Å²) in [7, 11) is -4.49. The Hall–Kier alpha value is -2.63. The molecule has 0 bridgehead atoms. The molecule has 1 aliphatic heterocycles. The summed E-state index contributed by atoms with van der Waals surface area (Å²) in [5.41, 5.74) is -0.603. The topological polar surface area (TPSA) is 105 Å². The van der Waals surface area contributed by atoms with Gasteiger partial charge in [0.25, 0.3) is 5.92 Å². The minimum Gasteiger partial charge on any atom is -0.363 e. The van der Waals surface area contributed by atoms with E-state index in [2.05, 4.69) is 20.0 Å². The molecule has 0 aliphatic carbocycles. The number of urea groups is 1. The van der Waals surface area contributed by atoms with Crippen LogP contribution in [0.2, 0.25) is 0 Å². The zero-order valence-electron chi connectivity index (χ0n) is 16.3. The summed E-state index contributed by atoms with van der Waals surface area (Å²) in [6.07, 6.45) is 2.26. The van der Waals surface area contributed by atoms with Gasteiger partial charge >= 0.3 is 6.03 Å². The number of halogens is 3. The van der Waals surface area contributed by atoms with Crippen LogP contribution in [0.1, 0.15) is 32.4 Å². The van der Waals surface area contributed by atoms with Crippen molar-refractivity contribution >= 4 is 21.7 Å². The number of nitrogens with one attached hydrogen (secondary N) is 1. The smallest absolute Gasteiger partial charge is 0.323 e. The monoisotopic (exact) mass is 446 g/mol. The second-order valence-electron chi connectivity index (χ2n) is 7.33. The van der Waals surface area contributed by atoms with Gasteiger partial charge in [0, 0.05) is 38.2 Å². The van der Waals surface area contributed by atoms with E-state index in [9.17, 15) is 22.0 Å². The Morgan fingerprint density at radius 3 is 2.37 bits per heavy atom. The van der Waals surface area contributed by atoms with Crippen LogP contribution >= 0.6 is 0 Å². The number of piperidine rings is 1. The van der Waals surface area contributed by atoms with E-state index in [4.69, 9.17) is 0 Å². The Morgan fingerprint density at radius 1 is 1.20 bits per heavy atom. The van der Waals surface area contributed by atoms with Crippen LogP contribution in [-0.4, -0.2) is 47.6 Å². The van der Waals surface area contributed by atoms with Crippen molar-refractivity contribution in [2.24, 2.45) is 5.92 Å². The lowest BCUT2D eigenvalue weighted by atomic mass is 9.92. The van der Waals surface area contributed by atoms with Gasteiger partial charge in [0.15, 0.2) is 5.82 Å². The van der Waals surface area contributed by atoms with Gasteiger partial charge in [0.05, 0.1) is 4.90 Å². The van der Waals surface area contributed by atoms with E-state index in [-0.39, 0.29) is 31.7 Å². The van der Waals surface area contributed by atoms with Gasteiger partial charge in [0.2, 0.25) is 14.8 Å². The van der Waals surface area contributed by atoms with Crippen molar-refractivity contribution in [3.63, 3.8) is 0 Å². The minimum atomic E-state index is -4.49. The summed E-state index contributed by atoms with van der Waals surface area (Å²) in [5.74, 6) is -3.89. The van der Waals surface area contributed by atoms with Crippen molar-refractivity contribution < 1.29 is 30.9 Å². The van der Waals surface area contributed by atoms with Gasteiger partial charge in [-0.1, -0.05) is 5.16 Å². The maximum atomic E-state index is 15.5. The highest BCUT2D eigenvalue weighted by Crippen LogP contribution is 2.39. The van der Waals surface area contributed by atoms with Gasteiger partial charge in [-0.3, -0.25) is 10.3 Å².